The molecule has 0 radical (unpaired) electrons. The lowest BCUT2D eigenvalue weighted by Gasteiger charge is -2.22. The Kier molecular flexibility index (Phi) is 2.86. The van der Waals surface area contributed by atoms with Gasteiger partial charge in [0.25, 0.3) is 0 Å². The van der Waals surface area contributed by atoms with Crippen molar-refractivity contribution in [2.45, 2.75) is 26.3 Å². The van der Waals surface area contributed by atoms with E-state index in [-0.39, 0.29) is 11.9 Å². The molecule has 19 heavy (non-hydrogen) atoms. The Hall–Kier alpha value is -2.09. The van der Waals surface area contributed by atoms with Gasteiger partial charge in [-0.3, -0.25) is 4.79 Å². The second-order valence-electron chi connectivity index (χ2n) is 5.24. The van der Waals surface area contributed by atoms with Crippen LogP contribution < -0.4 is 4.90 Å². The fourth-order valence-electron chi connectivity index (χ4n) is 2.72. The number of benzene rings is 2. The molecule has 0 N–H and O–H groups in total. The van der Waals surface area contributed by atoms with E-state index in [0.29, 0.717) is 6.42 Å². The average Bonchev–Trinajstić information content (AvgIpc) is 2.74. The van der Waals surface area contributed by atoms with Gasteiger partial charge in [-0.05, 0) is 42.7 Å². The molecule has 0 fully saturated rings. The third-order valence-electron chi connectivity index (χ3n) is 3.57. The Morgan fingerprint density at radius 3 is 2.42 bits per heavy atom. The SMILES string of the molecule is CC(C)N1C(=O)Cc2cc(-c3ccccc3)ccc21. The summed E-state index contributed by atoms with van der Waals surface area (Å²) in [5.74, 6) is 0.204. The van der Waals surface area contributed by atoms with Gasteiger partial charge in [-0.15, -0.1) is 0 Å². The predicted molar refractivity (Wildman–Crippen MR) is 78.2 cm³/mol. The smallest absolute Gasteiger partial charge is 0.231 e. The highest BCUT2D eigenvalue weighted by molar-refractivity contribution is 6.02. The summed E-state index contributed by atoms with van der Waals surface area (Å²) in [4.78, 5) is 13.9. The molecule has 96 valence electrons. The molecule has 0 saturated carbocycles. The van der Waals surface area contributed by atoms with E-state index in [1.54, 1.807) is 0 Å². The van der Waals surface area contributed by atoms with Crippen molar-refractivity contribution in [3.05, 3.63) is 54.1 Å². The quantitative estimate of drug-likeness (QED) is 0.797. The first-order valence-corrected chi connectivity index (χ1v) is 6.67. The van der Waals surface area contributed by atoms with Gasteiger partial charge in [-0.2, -0.15) is 0 Å². The maximum atomic E-state index is 12.0. The molecule has 1 aliphatic heterocycles. The molecule has 2 nitrogen and oxygen atoms in total. The van der Waals surface area contributed by atoms with E-state index in [4.69, 9.17) is 0 Å². The van der Waals surface area contributed by atoms with Crippen LogP contribution in [-0.2, 0) is 11.2 Å². The topological polar surface area (TPSA) is 20.3 Å². The number of carbonyl (C=O) groups is 1. The molecule has 0 aliphatic carbocycles. The number of carbonyl (C=O) groups excluding carboxylic acids is 1. The van der Waals surface area contributed by atoms with Crippen LogP contribution in [0.4, 0.5) is 5.69 Å². The highest BCUT2D eigenvalue weighted by Crippen LogP contribution is 2.34. The molecule has 2 heteroatoms. The van der Waals surface area contributed by atoms with Crippen molar-refractivity contribution in [2.24, 2.45) is 0 Å². The van der Waals surface area contributed by atoms with Crippen molar-refractivity contribution in [1.29, 1.82) is 0 Å². The van der Waals surface area contributed by atoms with E-state index in [1.165, 1.54) is 11.1 Å². The Balaban J connectivity index is 2.04. The van der Waals surface area contributed by atoms with Crippen LogP contribution in [0.1, 0.15) is 19.4 Å². The summed E-state index contributed by atoms with van der Waals surface area (Å²) >= 11 is 0. The number of anilines is 1. The van der Waals surface area contributed by atoms with Crippen LogP contribution in [-0.4, -0.2) is 11.9 Å². The van der Waals surface area contributed by atoms with Gasteiger partial charge in [0.15, 0.2) is 0 Å². The summed E-state index contributed by atoms with van der Waals surface area (Å²) in [6.45, 7) is 4.11. The van der Waals surface area contributed by atoms with Crippen LogP contribution >= 0.6 is 0 Å². The van der Waals surface area contributed by atoms with E-state index in [9.17, 15) is 4.79 Å². The zero-order valence-electron chi connectivity index (χ0n) is 11.3. The van der Waals surface area contributed by atoms with E-state index in [0.717, 1.165) is 11.3 Å². The summed E-state index contributed by atoms with van der Waals surface area (Å²) in [6.07, 6.45) is 0.522. The molecule has 0 bridgehead atoms. The molecule has 1 aliphatic rings. The molecule has 0 spiro atoms. The van der Waals surface area contributed by atoms with E-state index < -0.39 is 0 Å². The molecule has 1 amide bonds. The van der Waals surface area contributed by atoms with Crippen molar-refractivity contribution >= 4 is 11.6 Å². The van der Waals surface area contributed by atoms with Gasteiger partial charge >= 0.3 is 0 Å². The summed E-state index contributed by atoms with van der Waals surface area (Å²) < 4.78 is 0. The third-order valence-corrected chi connectivity index (χ3v) is 3.57. The fourth-order valence-corrected chi connectivity index (χ4v) is 2.72. The second kappa shape index (κ2) is 4.54. The average molecular weight is 251 g/mol. The van der Waals surface area contributed by atoms with Crippen molar-refractivity contribution < 1.29 is 4.79 Å². The number of amides is 1. The fraction of sp³-hybridized carbons (Fsp3) is 0.235. The molecule has 0 atom stereocenters. The molecular weight excluding hydrogens is 234 g/mol. The molecule has 2 aromatic carbocycles. The van der Waals surface area contributed by atoms with Crippen LogP contribution in [0.5, 0.6) is 0 Å². The molecule has 0 saturated heterocycles. The van der Waals surface area contributed by atoms with E-state index in [1.807, 2.05) is 23.1 Å². The van der Waals surface area contributed by atoms with Gasteiger partial charge in [-0.1, -0.05) is 36.4 Å². The number of rotatable bonds is 2. The number of fused-ring (bicyclic) bond motifs is 1. The van der Waals surface area contributed by atoms with Gasteiger partial charge in [0.1, 0.15) is 0 Å². The van der Waals surface area contributed by atoms with Gasteiger partial charge in [0, 0.05) is 11.7 Å². The van der Waals surface area contributed by atoms with Crippen molar-refractivity contribution in [1.82, 2.24) is 0 Å². The van der Waals surface area contributed by atoms with E-state index in [2.05, 4.69) is 44.2 Å². The zero-order chi connectivity index (χ0) is 13.4. The summed E-state index contributed by atoms with van der Waals surface area (Å²) in [5, 5.41) is 0. The largest absolute Gasteiger partial charge is 0.309 e. The maximum Gasteiger partial charge on any atom is 0.231 e. The monoisotopic (exact) mass is 251 g/mol. The standard InChI is InChI=1S/C17H17NO/c1-12(2)18-16-9-8-14(10-15(16)11-17(18)19)13-6-4-3-5-7-13/h3-10,12H,11H2,1-2H3. The molecule has 0 aromatic heterocycles. The molecule has 0 unspecified atom stereocenters. The molecule has 3 rings (SSSR count). The van der Waals surface area contributed by atoms with Gasteiger partial charge in [-0.25, -0.2) is 0 Å². The zero-order valence-corrected chi connectivity index (χ0v) is 11.3. The molecular formula is C17H17NO. The normalized spacial score (nSPS) is 14.1. The van der Waals surface area contributed by atoms with Gasteiger partial charge < -0.3 is 4.90 Å². The second-order valence-corrected chi connectivity index (χ2v) is 5.24. The van der Waals surface area contributed by atoms with Crippen molar-refractivity contribution in [2.75, 3.05) is 4.90 Å². The van der Waals surface area contributed by atoms with Crippen LogP contribution in [0, 0.1) is 0 Å². The first-order valence-electron chi connectivity index (χ1n) is 6.67. The Morgan fingerprint density at radius 1 is 1.00 bits per heavy atom. The third kappa shape index (κ3) is 2.03. The molecule has 1 heterocycles. The highest BCUT2D eigenvalue weighted by Gasteiger charge is 2.29. The molecule has 2 aromatic rings. The minimum atomic E-state index is 0.204. The number of hydrogen-bond donors (Lipinski definition) is 0. The van der Waals surface area contributed by atoms with Crippen LogP contribution in [0.2, 0.25) is 0 Å². The highest BCUT2D eigenvalue weighted by atomic mass is 16.2. The van der Waals surface area contributed by atoms with Gasteiger partial charge in [0.2, 0.25) is 5.91 Å². The minimum absolute atomic E-state index is 0.204. The predicted octanol–water partition coefficient (Wildman–Crippen LogP) is 3.65. The van der Waals surface area contributed by atoms with Crippen LogP contribution in [0.25, 0.3) is 11.1 Å². The maximum absolute atomic E-state index is 12.0. The lowest BCUT2D eigenvalue weighted by Crippen LogP contribution is -2.33. The number of hydrogen-bond acceptors (Lipinski definition) is 1. The van der Waals surface area contributed by atoms with Crippen LogP contribution in [0.3, 0.4) is 0 Å². The first-order chi connectivity index (χ1) is 9.16. The lowest BCUT2D eigenvalue weighted by molar-refractivity contribution is -0.117. The van der Waals surface area contributed by atoms with Crippen molar-refractivity contribution in [3.63, 3.8) is 0 Å². The van der Waals surface area contributed by atoms with Gasteiger partial charge in [0.05, 0.1) is 6.42 Å². The summed E-state index contributed by atoms with van der Waals surface area (Å²) in [6, 6.07) is 16.8. The lowest BCUT2D eigenvalue weighted by atomic mass is 10.0. The summed E-state index contributed by atoms with van der Waals surface area (Å²) in [7, 11) is 0. The van der Waals surface area contributed by atoms with Crippen molar-refractivity contribution in [3.8, 4) is 11.1 Å². The van der Waals surface area contributed by atoms with E-state index >= 15 is 0 Å². The first kappa shape index (κ1) is 12.0. The Labute approximate surface area is 113 Å². The minimum Gasteiger partial charge on any atom is -0.309 e. The Morgan fingerprint density at radius 2 is 1.74 bits per heavy atom. The summed E-state index contributed by atoms with van der Waals surface area (Å²) in [5.41, 5.74) is 4.58. The Bertz CT molecular complexity index is 616. The van der Waals surface area contributed by atoms with Crippen LogP contribution in [0.15, 0.2) is 48.5 Å². The number of nitrogens with zero attached hydrogens (tertiary/aromatic N) is 1.